The molecule has 1 atom stereocenters. The minimum Gasteiger partial charge on any atom is -0.384 e. The average Bonchev–Trinajstić information content (AvgIpc) is 2.55. The highest BCUT2D eigenvalue weighted by Crippen LogP contribution is 2.47. The molecule has 2 heterocycles. The Balaban J connectivity index is 2.32. The van der Waals surface area contributed by atoms with Crippen LogP contribution in [0.15, 0.2) is 40.2 Å². The number of hydrogen-bond donors (Lipinski definition) is 1. The number of amides is 1. The van der Waals surface area contributed by atoms with Crippen molar-refractivity contribution in [2.75, 3.05) is 5.75 Å². The van der Waals surface area contributed by atoms with Crippen LogP contribution in [-0.2, 0) is 4.79 Å². The fourth-order valence-corrected chi connectivity index (χ4v) is 4.20. The maximum Gasteiger partial charge on any atom is 0.233 e. The molecule has 0 aromatic heterocycles. The molecule has 0 bridgehead atoms. The summed E-state index contributed by atoms with van der Waals surface area (Å²) in [6.45, 7) is 0. The molecule has 0 radical (unpaired) electrons. The van der Waals surface area contributed by atoms with Crippen LogP contribution < -0.4 is 5.73 Å². The molecule has 2 aliphatic rings. The number of allylic oxidation sites excluding steroid dienone is 2. The van der Waals surface area contributed by atoms with E-state index in [0.29, 0.717) is 10.8 Å². The summed E-state index contributed by atoms with van der Waals surface area (Å²) in [4.78, 5) is 13.4. The topological polar surface area (TPSA) is 93.9 Å². The zero-order valence-corrected chi connectivity index (χ0v) is 13.8. The number of nitrogens with zero attached hydrogens (tertiary/aromatic N) is 3. The fraction of sp³-hybridized carbons (Fsp3) is 0.188. The third-order valence-electron chi connectivity index (χ3n) is 3.86. The van der Waals surface area contributed by atoms with Gasteiger partial charge in [0.2, 0.25) is 5.91 Å². The molecule has 0 spiro atoms. The Labute approximate surface area is 146 Å². The Hall–Kier alpha value is -2.48. The number of thioether (sulfide) groups is 1. The zero-order valence-electron chi connectivity index (χ0n) is 12.2. The van der Waals surface area contributed by atoms with E-state index in [1.54, 1.807) is 0 Å². The minimum atomic E-state index is -1.03. The van der Waals surface area contributed by atoms with Crippen molar-refractivity contribution in [1.82, 2.24) is 4.90 Å². The molecule has 1 amide bonds. The van der Waals surface area contributed by atoms with Gasteiger partial charge >= 0.3 is 0 Å². The van der Waals surface area contributed by atoms with Gasteiger partial charge in [-0.3, -0.25) is 9.69 Å². The number of halogens is 2. The molecule has 5 nitrogen and oxygen atoms in total. The van der Waals surface area contributed by atoms with Crippen molar-refractivity contribution in [3.63, 3.8) is 0 Å². The largest absolute Gasteiger partial charge is 0.384 e. The van der Waals surface area contributed by atoms with Crippen LogP contribution in [0, 0.1) is 28.5 Å². The number of rotatable bonds is 1. The first-order valence-electron chi connectivity index (χ1n) is 6.95. The monoisotopic (exact) mass is 360 g/mol. The second-order valence-corrected chi connectivity index (χ2v) is 6.63. The summed E-state index contributed by atoms with van der Waals surface area (Å²) in [5.41, 5.74) is 6.08. The molecule has 1 aromatic carbocycles. The molecule has 3 rings (SSSR count). The predicted molar refractivity (Wildman–Crippen MR) is 87.5 cm³/mol. The summed E-state index contributed by atoms with van der Waals surface area (Å²) >= 11 is 7.41. The Morgan fingerprint density at radius 1 is 1.33 bits per heavy atom. The van der Waals surface area contributed by atoms with Gasteiger partial charge in [0.1, 0.15) is 11.6 Å². The van der Waals surface area contributed by atoms with Crippen molar-refractivity contribution in [2.45, 2.75) is 12.3 Å². The van der Waals surface area contributed by atoms with Crippen LogP contribution in [0.2, 0.25) is 5.02 Å². The number of benzene rings is 1. The number of carbonyl (C=O) groups is 1. The van der Waals surface area contributed by atoms with Gasteiger partial charge in [-0.1, -0.05) is 17.7 Å². The van der Waals surface area contributed by atoms with Crippen molar-refractivity contribution < 1.29 is 9.18 Å². The average molecular weight is 361 g/mol. The Kier molecular flexibility index (Phi) is 4.23. The minimum absolute atomic E-state index is 0.0148. The molecule has 0 aliphatic carbocycles. The van der Waals surface area contributed by atoms with Crippen LogP contribution in [0.5, 0.6) is 0 Å². The van der Waals surface area contributed by atoms with Crippen molar-refractivity contribution in [3.8, 4) is 12.1 Å². The van der Waals surface area contributed by atoms with Gasteiger partial charge in [0.15, 0.2) is 0 Å². The van der Waals surface area contributed by atoms with Crippen molar-refractivity contribution in [3.05, 3.63) is 56.6 Å². The van der Waals surface area contributed by atoms with E-state index in [-0.39, 0.29) is 39.9 Å². The van der Waals surface area contributed by atoms with Crippen LogP contribution in [-0.4, -0.2) is 16.6 Å². The van der Waals surface area contributed by atoms with Crippen LogP contribution >= 0.6 is 23.4 Å². The first kappa shape index (κ1) is 16.4. The van der Waals surface area contributed by atoms with E-state index < -0.39 is 11.7 Å². The van der Waals surface area contributed by atoms with Crippen molar-refractivity contribution >= 4 is 29.3 Å². The predicted octanol–water partition coefficient (Wildman–Crippen LogP) is 2.97. The van der Waals surface area contributed by atoms with Gasteiger partial charge in [-0.2, -0.15) is 10.5 Å². The second-order valence-electron chi connectivity index (χ2n) is 5.14. The third kappa shape index (κ3) is 2.34. The van der Waals surface area contributed by atoms with E-state index in [1.807, 2.05) is 12.1 Å². The zero-order chi connectivity index (χ0) is 17.4. The molecule has 1 aromatic rings. The van der Waals surface area contributed by atoms with E-state index in [0.717, 1.165) is 0 Å². The van der Waals surface area contributed by atoms with Crippen LogP contribution in [0.1, 0.15) is 17.9 Å². The first-order chi connectivity index (χ1) is 11.5. The molecule has 2 aliphatic heterocycles. The fourth-order valence-electron chi connectivity index (χ4n) is 2.81. The molecule has 2 N–H and O–H groups in total. The number of hydrogen-bond acceptors (Lipinski definition) is 5. The second kappa shape index (κ2) is 6.20. The van der Waals surface area contributed by atoms with E-state index in [4.69, 9.17) is 17.3 Å². The summed E-state index contributed by atoms with van der Waals surface area (Å²) in [6, 6.07) is 8.05. The van der Waals surface area contributed by atoms with Gasteiger partial charge in [0.25, 0.3) is 0 Å². The molecule has 1 saturated heterocycles. The van der Waals surface area contributed by atoms with E-state index in [9.17, 15) is 19.7 Å². The Bertz CT molecular complexity index is 876. The van der Waals surface area contributed by atoms with Crippen molar-refractivity contribution in [1.29, 1.82) is 10.5 Å². The van der Waals surface area contributed by atoms with Crippen LogP contribution in [0.25, 0.3) is 0 Å². The normalized spacial score (nSPS) is 20.6. The highest BCUT2D eigenvalue weighted by molar-refractivity contribution is 8.03. The summed E-state index contributed by atoms with van der Waals surface area (Å²) in [5, 5.41) is 19.6. The van der Waals surface area contributed by atoms with Gasteiger partial charge in [0, 0.05) is 22.8 Å². The molecule has 1 fully saturated rings. The number of nitrogens with two attached hydrogens (primary N) is 1. The van der Waals surface area contributed by atoms with Crippen LogP contribution in [0.4, 0.5) is 4.39 Å². The molecule has 120 valence electrons. The smallest absolute Gasteiger partial charge is 0.233 e. The lowest BCUT2D eigenvalue weighted by atomic mass is 9.83. The lowest BCUT2D eigenvalue weighted by Crippen LogP contribution is -2.40. The van der Waals surface area contributed by atoms with Gasteiger partial charge in [-0.15, -0.1) is 11.8 Å². The highest BCUT2D eigenvalue weighted by atomic mass is 35.5. The number of fused-ring (bicyclic) bond motifs is 1. The van der Waals surface area contributed by atoms with E-state index in [1.165, 1.54) is 34.9 Å². The molecular weight excluding hydrogens is 351 g/mol. The molecule has 8 heteroatoms. The summed E-state index contributed by atoms with van der Waals surface area (Å²) in [6.07, 6.45) is 0.247. The third-order valence-corrected chi connectivity index (χ3v) is 5.27. The summed E-state index contributed by atoms with van der Waals surface area (Å²) in [7, 11) is 0. The maximum absolute atomic E-state index is 14.4. The summed E-state index contributed by atoms with van der Waals surface area (Å²) in [5.74, 6) is -1.55. The van der Waals surface area contributed by atoms with Gasteiger partial charge in [0.05, 0.1) is 34.2 Å². The lowest BCUT2D eigenvalue weighted by Gasteiger charge is -2.36. The van der Waals surface area contributed by atoms with Gasteiger partial charge < -0.3 is 5.73 Å². The van der Waals surface area contributed by atoms with Crippen molar-refractivity contribution in [2.24, 2.45) is 5.73 Å². The number of carbonyl (C=O) groups excluding carboxylic acids is 1. The maximum atomic E-state index is 14.4. The lowest BCUT2D eigenvalue weighted by molar-refractivity contribution is -0.127. The number of nitriles is 2. The van der Waals surface area contributed by atoms with Gasteiger partial charge in [-0.25, -0.2) is 4.39 Å². The SMILES string of the molecule is N#CC1=C(N)N2C(=O)CCSC2=C(C#N)C1c1c(F)cccc1Cl. The molecule has 24 heavy (non-hydrogen) atoms. The molecule has 0 saturated carbocycles. The Morgan fingerprint density at radius 2 is 2.04 bits per heavy atom. The quantitative estimate of drug-likeness (QED) is 0.830. The Morgan fingerprint density at radius 3 is 2.67 bits per heavy atom. The van der Waals surface area contributed by atoms with Gasteiger partial charge in [-0.05, 0) is 12.1 Å². The molecule has 1 unspecified atom stereocenters. The van der Waals surface area contributed by atoms with E-state index >= 15 is 0 Å². The van der Waals surface area contributed by atoms with Crippen LogP contribution in [0.3, 0.4) is 0 Å². The van der Waals surface area contributed by atoms with E-state index in [2.05, 4.69) is 0 Å². The molecular formula is C16H10ClFN4OS. The highest BCUT2D eigenvalue weighted by Gasteiger charge is 2.41. The summed E-state index contributed by atoms with van der Waals surface area (Å²) < 4.78 is 14.4. The first-order valence-corrected chi connectivity index (χ1v) is 8.31. The standard InChI is InChI=1S/C16H10ClFN4OS/c17-10-2-1-3-11(18)14(10)13-8(6-19)15(21)22-12(23)4-5-24-16(22)9(13)7-20/h1-3,13H,4-5,21H2.